The van der Waals surface area contributed by atoms with Crippen molar-refractivity contribution in [3.63, 3.8) is 0 Å². The van der Waals surface area contributed by atoms with Crippen molar-refractivity contribution in [3.8, 4) is 6.07 Å². The Balaban J connectivity index is 2.43. The second-order valence-corrected chi connectivity index (χ2v) is 3.15. The number of allylic oxidation sites excluding steroid dienone is 1. The van der Waals surface area contributed by atoms with Gasteiger partial charge in [-0.3, -0.25) is 0 Å². The summed E-state index contributed by atoms with van der Waals surface area (Å²) in [6.07, 6.45) is 2.85. The van der Waals surface area contributed by atoms with E-state index in [1.54, 1.807) is 0 Å². The number of fused-ring (bicyclic) bond motifs is 1. The van der Waals surface area contributed by atoms with E-state index in [1.165, 1.54) is 0 Å². The average molecular weight is 185 g/mol. The molecule has 14 heavy (non-hydrogen) atoms. The number of benzene rings is 1. The highest BCUT2D eigenvalue weighted by atomic mass is 16.5. The van der Waals surface area contributed by atoms with Crippen molar-refractivity contribution in [1.82, 2.24) is 0 Å². The number of hydrogen-bond acceptors (Lipinski definition) is 2. The van der Waals surface area contributed by atoms with Crippen molar-refractivity contribution >= 4 is 5.76 Å². The van der Waals surface area contributed by atoms with E-state index in [0.717, 1.165) is 28.9 Å². The first-order valence-electron chi connectivity index (χ1n) is 4.72. The molecule has 0 unspecified atom stereocenters. The Morgan fingerprint density at radius 1 is 1.50 bits per heavy atom. The third-order valence-corrected chi connectivity index (χ3v) is 2.35. The van der Waals surface area contributed by atoms with Gasteiger partial charge >= 0.3 is 0 Å². The van der Waals surface area contributed by atoms with Crippen molar-refractivity contribution in [2.75, 3.05) is 6.61 Å². The molecular formula is C12H11NO. The van der Waals surface area contributed by atoms with Crippen LogP contribution in [-0.2, 0) is 11.2 Å². The lowest BCUT2D eigenvalue weighted by Gasteiger charge is -2.06. The van der Waals surface area contributed by atoms with E-state index in [4.69, 9.17) is 10.00 Å². The minimum atomic E-state index is 0.669. The monoisotopic (exact) mass is 185 g/mol. The van der Waals surface area contributed by atoms with Gasteiger partial charge in [0.15, 0.2) is 0 Å². The largest absolute Gasteiger partial charge is 0.494 e. The highest BCUT2D eigenvalue weighted by Crippen LogP contribution is 2.30. The van der Waals surface area contributed by atoms with E-state index >= 15 is 0 Å². The zero-order chi connectivity index (χ0) is 9.97. The first kappa shape index (κ1) is 8.83. The van der Waals surface area contributed by atoms with Crippen molar-refractivity contribution in [3.05, 3.63) is 41.0 Å². The van der Waals surface area contributed by atoms with Gasteiger partial charge in [-0.05, 0) is 31.1 Å². The third kappa shape index (κ3) is 1.27. The molecule has 0 amide bonds. The van der Waals surface area contributed by atoms with Crippen LogP contribution in [-0.4, -0.2) is 6.61 Å². The van der Waals surface area contributed by atoms with Crippen LogP contribution in [0, 0.1) is 11.3 Å². The normalized spacial score (nSPS) is 13.0. The van der Waals surface area contributed by atoms with E-state index in [9.17, 15) is 0 Å². The molecule has 0 aliphatic heterocycles. The molecule has 70 valence electrons. The van der Waals surface area contributed by atoms with Crippen LogP contribution in [0.4, 0.5) is 0 Å². The van der Waals surface area contributed by atoms with Crippen LogP contribution < -0.4 is 0 Å². The molecule has 0 N–H and O–H groups in total. The van der Waals surface area contributed by atoms with Gasteiger partial charge < -0.3 is 4.74 Å². The Hall–Kier alpha value is -1.75. The summed E-state index contributed by atoms with van der Waals surface area (Å²) >= 11 is 0. The smallest absolute Gasteiger partial charge is 0.123 e. The summed E-state index contributed by atoms with van der Waals surface area (Å²) in [5.74, 6) is 0.916. The highest BCUT2D eigenvalue weighted by molar-refractivity contribution is 5.71. The molecule has 0 radical (unpaired) electrons. The van der Waals surface area contributed by atoms with E-state index < -0.39 is 0 Å². The predicted molar refractivity (Wildman–Crippen MR) is 54.5 cm³/mol. The van der Waals surface area contributed by atoms with Gasteiger partial charge in [0, 0.05) is 5.56 Å². The average Bonchev–Trinajstić information content (AvgIpc) is 2.62. The highest BCUT2D eigenvalue weighted by Gasteiger charge is 2.17. The standard InChI is InChI=1S/C12H11NO/c1-2-14-12-7-6-10-9(8-13)4-3-5-11(10)12/h3-5,7H,2,6H2,1H3. The topological polar surface area (TPSA) is 33.0 Å². The van der Waals surface area contributed by atoms with Crippen LogP contribution in [0.3, 0.4) is 0 Å². The van der Waals surface area contributed by atoms with Crippen molar-refractivity contribution in [2.24, 2.45) is 0 Å². The summed E-state index contributed by atoms with van der Waals surface area (Å²) in [6, 6.07) is 7.95. The maximum atomic E-state index is 8.90. The maximum Gasteiger partial charge on any atom is 0.123 e. The summed E-state index contributed by atoms with van der Waals surface area (Å²) in [4.78, 5) is 0. The lowest BCUT2D eigenvalue weighted by Crippen LogP contribution is -1.92. The van der Waals surface area contributed by atoms with Crippen molar-refractivity contribution in [1.29, 1.82) is 5.26 Å². The number of ether oxygens (including phenoxy) is 1. The van der Waals surface area contributed by atoms with Gasteiger partial charge in [-0.15, -0.1) is 0 Å². The fourth-order valence-corrected chi connectivity index (χ4v) is 1.74. The Morgan fingerprint density at radius 3 is 3.07 bits per heavy atom. The summed E-state index contributed by atoms with van der Waals surface area (Å²) < 4.78 is 5.48. The molecule has 0 fully saturated rings. The minimum Gasteiger partial charge on any atom is -0.494 e. The van der Waals surface area contributed by atoms with Gasteiger partial charge in [-0.2, -0.15) is 5.26 Å². The zero-order valence-corrected chi connectivity index (χ0v) is 8.08. The Kier molecular flexibility index (Phi) is 2.24. The number of hydrogen-bond donors (Lipinski definition) is 0. The van der Waals surface area contributed by atoms with Crippen LogP contribution in [0.1, 0.15) is 23.6 Å². The fourth-order valence-electron chi connectivity index (χ4n) is 1.74. The first-order valence-corrected chi connectivity index (χ1v) is 4.72. The van der Waals surface area contributed by atoms with Crippen LogP contribution >= 0.6 is 0 Å². The predicted octanol–water partition coefficient (Wildman–Crippen LogP) is 2.49. The third-order valence-electron chi connectivity index (χ3n) is 2.35. The molecule has 2 nitrogen and oxygen atoms in total. The van der Waals surface area contributed by atoms with E-state index in [2.05, 4.69) is 6.07 Å². The van der Waals surface area contributed by atoms with Crippen LogP contribution in [0.5, 0.6) is 0 Å². The van der Waals surface area contributed by atoms with Gasteiger partial charge in [0.25, 0.3) is 0 Å². The Bertz CT molecular complexity index is 426. The molecule has 2 rings (SSSR count). The molecule has 0 bridgehead atoms. The molecule has 1 aromatic rings. The molecule has 0 aromatic heterocycles. The number of nitrogens with zero attached hydrogens (tertiary/aromatic N) is 1. The zero-order valence-electron chi connectivity index (χ0n) is 8.08. The second kappa shape index (κ2) is 3.55. The molecule has 0 atom stereocenters. The fraction of sp³-hybridized carbons (Fsp3) is 0.250. The van der Waals surface area contributed by atoms with Gasteiger partial charge in [0.2, 0.25) is 0 Å². The Labute approximate surface area is 83.4 Å². The second-order valence-electron chi connectivity index (χ2n) is 3.15. The number of nitriles is 1. The molecule has 0 saturated heterocycles. The molecule has 1 aliphatic carbocycles. The maximum absolute atomic E-state index is 8.90. The van der Waals surface area contributed by atoms with Crippen LogP contribution in [0.2, 0.25) is 0 Å². The first-order chi connectivity index (χ1) is 6.86. The minimum absolute atomic E-state index is 0.669. The molecule has 1 aromatic carbocycles. The van der Waals surface area contributed by atoms with Gasteiger partial charge in [0.1, 0.15) is 5.76 Å². The van der Waals surface area contributed by atoms with Crippen molar-refractivity contribution < 1.29 is 4.74 Å². The number of rotatable bonds is 2. The summed E-state index contributed by atoms with van der Waals surface area (Å²) in [5, 5.41) is 8.90. The van der Waals surface area contributed by atoms with E-state index in [1.807, 2.05) is 31.2 Å². The van der Waals surface area contributed by atoms with Gasteiger partial charge in [-0.25, -0.2) is 0 Å². The molecule has 0 heterocycles. The Morgan fingerprint density at radius 2 is 2.36 bits per heavy atom. The quantitative estimate of drug-likeness (QED) is 0.709. The molecule has 1 aliphatic rings. The molecule has 0 saturated carbocycles. The van der Waals surface area contributed by atoms with E-state index in [0.29, 0.717) is 6.61 Å². The lowest BCUT2D eigenvalue weighted by molar-refractivity contribution is 0.298. The van der Waals surface area contributed by atoms with Crippen molar-refractivity contribution in [2.45, 2.75) is 13.3 Å². The van der Waals surface area contributed by atoms with Gasteiger partial charge in [-0.1, -0.05) is 12.1 Å². The van der Waals surface area contributed by atoms with Crippen LogP contribution in [0.15, 0.2) is 24.3 Å². The summed E-state index contributed by atoms with van der Waals surface area (Å²) in [7, 11) is 0. The van der Waals surface area contributed by atoms with Gasteiger partial charge in [0.05, 0.1) is 18.2 Å². The molecule has 0 spiro atoms. The molecular weight excluding hydrogens is 174 g/mol. The SMILES string of the molecule is CCOC1=CCc2c(C#N)cccc21. The van der Waals surface area contributed by atoms with Crippen LogP contribution in [0.25, 0.3) is 5.76 Å². The summed E-state index contributed by atoms with van der Waals surface area (Å²) in [6.45, 7) is 2.63. The van der Waals surface area contributed by atoms with E-state index in [-0.39, 0.29) is 0 Å². The lowest BCUT2D eigenvalue weighted by atomic mass is 10.0. The summed E-state index contributed by atoms with van der Waals surface area (Å²) in [5.41, 5.74) is 2.93. The molecule has 2 heteroatoms.